The number of sulfonamides is 1. The minimum Gasteiger partial charge on any atom is -0.271 e. The molecule has 0 saturated heterocycles. The Hall–Kier alpha value is -2.19. The number of amides is 1. The van der Waals surface area contributed by atoms with Gasteiger partial charge in [-0.25, -0.2) is 13.8 Å². The summed E-state index contributed by atoms with van der Waals surface area (Å²) in [5.74, 6) is -0.500. The number of nitrogens with one attached hydrogen (secondary N) is 1. The fourth-order valence-corrected chi connectivity index (χ4v) is 3.67. The molecule has 0 radical (unpaired) electrons. The van der Waals surface area contributed by atoms with Gasteiger partial charge in [0.25, 0.3) is 5.91 Å². The van der Waals surface area contributed by atoms with Crippen LogP contribution in [0.1, 0.15) is 17.4 Å². The van der Waals surface area contributed by atoms with E-state index in [1.165, 1.54) is 11.3 Å². The van der Waals surface area contributed by atoms with Crippen LogP contribution in [0, 0.1) is 6.92 Å². The third-order valence-electron chi connectivity index (χ3n) is 3.30. The van der Waals surface area contributed by atoms with Crippen molar-refractivity contribution >= 4 is 38.7 Å². The molecule has 24 heavy (non-hydrogen) atoms. The number of para-hydroxylation sites is 1. The van der Waals surface area contributed by atoms with Crippen LogP contribution in [0.15, 0.2) is 46.9 Å². The van der Waals surface area contributed by atoms with Crippen molar-refractivity contribution in [1.82, 2.24) is 5.43 Å². The van der Waals surface area contributed by atoms with E-state index in [0.717, 1.165) is 21.0 Å². The van der Waals surface area contributed by atoms with E-state index in [4.69, 9.17) is 0 Å². The van der Waals surface area contributed by atoms with E-state index < -0.39 is 15.9 Å². The lowest BCUT2D eigenvalue weighted by Gasteiger charge is -2.23. The zero-order valence-electron chi connectivity index (χ0n) is 13.7. The molecule has 6 nitrogen and oxygen atoms in total. The molecule has 1 aromatic heterocycles. The molecule has 2 rings (SSSR count). The first-order valence-corrected chi connectivity index (χ1v) is 9.92. The molecule has 1 heterocycles. The number of hydrogen-bond donors (Lipinski definition) is 1. The van der Waals surface area contributed by atoms with Crippen molar-refractivity contribution in [3.8, 4) is 0 Å². The summed E-state index contributed by atoms with van der Waals surface area (Å²) in [6.07, 6.45) is 1.08. The van der Waals surface area contributed by atoms with Crippen LogP contribution in [0.4, 0.5) is 5.69 Å². The van der Waals surface area contributed by atoms with Crippen LogP contribution < -0.4 is 9.73 Å². The van der Waals surface area contributed by atoms with Crippen LogP contribution in [0.5, 0.6) is 0 Å². The van der Waals surface area contributed by atoms with E-state index >= 15 is 0 Å². The van der Waals surface area contributed by atoms with Crippen molar-refractivity contribution in [3.05, 3.63) is 52.2 Å². The molecule has 0 unspecified atom stereocenters. The third-order valence-corrected chi connectivity index (χ3v) is 5.40. The topological polar surface area (TPSA) is 78.8 Å². The number of rotatable bonds is 6. The summed E-state index contributed by atoms with van der Waals surface area (Å²) in [6, 6.07) is 10.8. The Morgan fingerprint density at radius 2 is 1.96 bits per heavy atom. The number of nitrogens with zero attached hydrogens (tertiary/aromatic N) is 2. The van der Waals surface area contributed by atoms with Crippen LogP contribution in [-0.4, -0.2) is 32.8 Å². The van der Waals surface area contributed by atoms with E-state index in [1.807, 2.05) is 23.6 Å². The first-order chi connectivity index (χ1) is 11.3. The Kier molecular flexibility index (Phi) is 5.74. The van der Waals surface area contributed by atoms with Gasteiger partial charge in [-0.3, -0.25) is 9.10 Å². The van der Waals surface area contributed by atoms with Gasteiger partial charge in [-0.05, 0) is 36.9 Å². The standard InChI is InChI=1S/C16H19N3O3S2/c1-12-7-4-5-8-14(12)19(24(3,21)22)11-16(20)18-17-13(2)15-9-6-10-23-15/h4-10H,11H2,1-3H3,(H,18,20)/b17-13-. The second-order valence-electron chi connectivity index (χ2n) is 5.27. The van der Waals surface area contributed by atoms with E-state index in [2.05, 4.69) is 10.5 Å². The molecular formula is C16H19N3O3S2. The maximum atomic E-state index is 12.1. The monoisotopic (exact) mass is 365 g/mol. The molecule has 1 N–H and O–H groups in total. The summed E-state index contributed by atoms with van der Waals surface area (Å²) < 4.78 is 25.2. The average molecular weight is 365 g/mol. The van der Waals surface area contributed by atoms with Gasteiger partial charge in [-0.2, -0.15) is 5.10 Å². The zero-order valence-corrected chi connectivity index (χ0v) is 15.3. The molecule has 0 aliphatic carbocycles. The highest BCUT2D eigenvalue weighted by Gasteiger charge is 2.22. The van der Waals surface area contributed by atoms with Crippen LogP contribution in [0.2, 0.25) is 0 Å². The number of hydrazone groups is 1. The molecular weight excluding hydrogens is 346 g/mol. The highest BCUT2D eigenvalue weighted by Crippen LogP contribution is 2.21. The van der Waals surface area contributed by atoms with Crippen LogP contribution in [-0.2, 0) is 14.8 Å². The van der Waals surface area contributed by atoms with Gasteiger partial charge in [0.15, 0.2) is 0 Å². The number of anilines is 1. The van der Waals surface area contributed by atoms with E-state index in [0.29, 0.717) is 11.4 Å². The summed E-state index contributed by atoms with van der Waals surface area (Å²) in [4.78, 5) is 13.1. The maximum Gasteiger partial charge on any atom is 0.260 e. The second kappa shape index (κ2) is 7.59. The van der Waals surface area contributed by atoms with E-state index in [1.54, 1.807) is 32.0 Å². The number of carbonyl (C=O) groups is 1. The minimum absolute atomic E-state index is 0.328. The van der Waals surface area contributed by atoms with Crippen molar-refractivity contribution in [2.75, 3.05) is 17.1 Å². The van der Waals surface area contributed by atoms with Gasteiger partial charge >= 0.3 is 0 Å². The Morgan fingerprint density at radius 1 is 1.25 bits per heavy atom. The fourth-order valence-electron chi connectivity index (χ4n) is 2.08. The van der Waals surface area contributed by atoms with Gasteiger partial charge in [0.05, 0.1) is 17.7 Å². The summed E-state index contributed by atoms with van der Waals surface area (Å²) in [5.41, 5.74) is 4.33. The van der Waals surface area contributed by atoms with Gasteiger partial charge < -0.3 is 0 Å². The smallest absolute Gasteiger partial charge is 0.260 e. The highest BCUT2D eigenvalue weighted by atomic mass is 32.2. The Balaban J connectivity index is 2.15. The second-order valence-corrected chi connectivity index (χ2v) is 8.12. The third kappa shape index (κ3) is 4.65. The molecule has 0 fully saturated rings. The van der Waals surface area contributed by atoms with Crippen LogP contribution >= 0.6 is 11.3 Å². The Morgan fingerprint density at radius 3 is 2.54 bits per heavy atom. The summed E-state index contributed by atoms with van der Waals surface area (Å²) in [7, 11) is -3.59. The van der Waals surface area contributed by atoms with Crippen LogP contribution in [0.25, 0.3) is 0 Å². The predicted molar refractivity (Wildman–Crippen MR) is 98.0 cm³/mol. The number of aryl methyl sites for hydroxylation is 1. The van der Waals surface area contributed by atoms with Crippen molar-refractivity contribution in [2.24, 2.45) is 5.10 Å². The van der Waals surface area contributed by atoms with Crippen molar-refractivity contribution in [2.45, 2.75) is 13.8 Å². The van der Waals surface area contributed by atoms with E-state index in [9.17, 15) is 13.2 Å². The Labute approximate surface area is 145 Å². The number of thiophene rings is 1. The minimum atomic E-state index is -3.59. The quantitative estimate of drug-likeness (QED) is 0.630. The molecule has 0 aliphatic heterocycles. The molecule has 128 valence electrons. The summed E-state index contributed by atoms with van der Waals surface area (Å²) in [5, 5.41) is 5.94. The van der Waals surface area contributed by atoms with Gasteiger partial charge in [-0.1, -0.05) is 24.3 Å². The lowest BCUT2D eigenvalue weighted by molar-refractivity contribution is -0.119. The number of benzene rings is 1. The van der Waals surface area contributed by atoms with Gasteiger partial charge in [0.2, 0.25) is 10.0 Å². The zero-order chi connectivity index (χ0) is 17.7. The van der Waals surface area contributed by atoms with E-state index in [-0.39, 0.29) is 6.54 Å². The van der Waals surface area contributed by atoms with Crippen molar-refractivity contribution < 1.29 is 13.2 Å². The molecule has 1 aromatic carbocycles. The van der Waals surface area contributed by atoms with Gasteiger partial charge in [-0.15, -0.1) is 11.3 Å². The molecule has 8 heteroatoms. The normalized spacial score (nSPS) is 12.0. The largest absolute Gasteiger partial charge is 0.271 e. The number of carbonyl (C=O) groups excluding carboxylic acids is 1. The molecule has 0 spiro atoms. The summed E-state index contributed by atoms with van der Waals surface area (Å²) in [6.45, 7) is 3.25. The molecule has 0 saturated carbocycles. The maximum absolute atomic E-state index is 12.1. The van der Waals surface area contributed by atoms with Crippen molar-refractivity contribution in [1.29, 1.82) is 0 Å². The SMILES string of the molecule is C/C(=N/NC(=O)CN(c1ccccc1C)S(C)(=O)=O)c1cccs1. The van der Waals surface area contributed by atoms with Gasteiger partial charge in [0, 0.05) is 4.88 Å². The average Bonchev–Trinajstić information content (AvgIpc) is 3.04. The lowest BCUT2D eigenvalue weighted by Crippen LogP contribution is -2.39. The highest BCUT2D eigenvalue weighted by molar-refractivity contribution is 7.92. The molecule has 0 bridgehead atoms. The predicted octanol–water partition coefficient (Wildman–Crippen LogP) is 2.36. The number of hydrogen-bond acceptors (Lipinski definition) is 5. The molecule has 0 aliphatic rings. The fraction of sp³-hybridized carbons (Fsp3) is 0.250. The summed E-state index contributed by atoms with van der Waals surface area (Å²) >= 11 is 1.51. The lowest BCUT2D eigenvalue weighted by atomic mass is 10.2. The van der Waals surface area contributed by atoms with Gasteiger partial charge in [0.1, 0.15) is 6.54 Å². The first-order valence-electron chi connectivity index (χ1n) is 7.19. The van der Waals surface area contributed by atoms with Crippen molar-refractivity contribution in [3.63, 3.8) is 0 Å². The molecule has 1 amide bonds. The molecule has 0 atom stereocenters. The molecule has 2 aromatic rings. The Bertz CT molecular complexity index is 843. The van der Waals surface area contributed by atoms with Crippen LogP contribution in [0.3, 0.4) is 0 Å². The first kappa shape index (κ1) is 18.2.